The molecule has 0 saturated heterocycles. The minimum absolute atomic E-state index is 0.00225. The van der Waals surface area contributed by atoms with Crippen LogP contribution < -0.4 is 10.1 Å². The van der Waals surface area contributed by atoms with E-state index < -0.39 is 23.5 Å². The third kappa shape index (κ3) is 6.88. The van der Waals surface area contributed by atoms with Crippen molar-refractivity contribution in [3.05, 3.63) is 83.4 Å². The molecule has 1 amide bonds. The smallest absolute Gasteiger partial charge is 0.416 e. The number of carbonyl (C=O) groups is 2. The summed E-state index contributed by atoms with van der Waals surface area (Å²) in [5, 5.41) is 2.39. The van der Waals surface area contributed by atoms with Crippen molar-refractivity contribution in [2.75, 3.05) is 5.32 Å². The lowest BCUT2D eigenvalue weighted by molar-refractivity contribution is -0.137. The Kier molecular flexibility index (Phi) is 7.14. The van der Waals surface area contributed by atoms with Gasteiger partial charge in [0.1, 0.15) is 11.5 Å². The molecule has 1 heterocycles. The van der Waals surface area contributed by atoms with Crippen LogP contribution in [0.4, 0.5) is 23.2 Å². The molecule has 3 aromatic rings. The Labute approximate surface area is 199 Å². The topological polar surface area (TPSA) is 68.3 Å². The van der Waals surface area contributed by atoms with E-state index in [4.69, 9.17) is 4.74 Å². The highest BCUT2D eigenvalue weighted by Gasteiger charge is 2.30. The number of ketones is 1. The van der Waals surface area contributed by atoms with E-state index >= 15 is 0 Å². The van der Waals surface area contributed by atoms with E-state index in [2.05, 4.69) is 10.3 Å². The van der Waals surface area contributed by atoms with Crippen molar-refractivity contribution < 1.29 is 31.9 Å². The molecular weight excluding hydrogens is 464 g/mol. The highest BCUT2D eigenvalue weighted by atomic mass is 19.4. The molecule has 1 aliphatic carbocycles. The fourth-order valence-corrected chi connectivity index (χ4v) is 3.54. The van der Waals surface area contributed by atoms with Gasteiger partial charge in [-0.1, -0.05) is 12.1 Å². The number of alkyl halides is 3. The van der Waals surface area contributed by atoms with Crippen molar-refractivity contribution in [3.8, 4) is 11.5 Å². The first kappa shape index (κ1) is 24.4. The number of benzene rings is 2. The Bertz CT molecular complexity index is 1240. The average Bonchev–Trinajstić information content (AvgIpc) is 3.65. The van der Waals surface area contributed by atoms with Crippen LogP contribution in [-0.4, -0.2) is 16.7 Å². The number of nitrogens with zero attached hydrogens (tertiary/aromatic N) is 1. The third-order valence-corrected chi connectivity index (χ3v) is 5.51. The Morgan fingerprint density at radius 3 is 2.57 bits per heavy atom. The average molecular weight is 486 g/mol. The van der Waals surface area contributed by atoms with Gasteiger partial charge in [0, 0.05) is 36.0 Å². The SMILES string of the molecule is O=C(Cc1ccc(Oc2ccnc(CCC(=O)C3CC3)c2)c(F)c1)Nc1cccc(C(F)(F)F)c1. The molecule has 4 rings (SSSR count). The second-order valence-corrected chi connectivity index (χ2v) is 8.39. The number of rotatable bonds is 9. The molecule has 1 N–H and O–H groups in total. The number of halogens is 4. The largest absolute Gasteiger partial charge is 0.454 e. The Balaban J connectivity index is 1.35. The van der Waals surface area contributed by atoms with Crippen molar-refractivity contribution in [1.82, 2.24) is 4.98 Å². The number of carbonyl (C=O) groups excluding carboxylic acids is 2. The van der Waals surface area contributed by atoms with Gasteiger partial charge < -0.3 is 10.1 Å². The summed E-state index contributed by atoms with van der Waals surface area (Å²) in [5.41, 5.74) is 0.113. The molecule has 1 aliphatic rings. The van der Waals surface area contributed by atoms with Crippen LogP contribution in [0.15, 0.2) is 60.8 Å². The number of hydrogen-bond acceptors (Lipinski definition) is 4. The van der Waals surface area contributed by atoms with Crippen molar-refractivity contribution in [2.45, 2.75) is 38.3 Å². The van der Waals surface area contributed by atoms with Gasteiger partial charge in [-0.15, -0.1) is 0 Å². The van der Waals surface area contributed by atoms with Crippen LogP contribution in [0.2, 0.25) is 0 Å². The summed E-state index contributed by atoms with van der Waals surface area (Å²) in [6.07, 6.45) is -0.432. The van der Waals surface area contributed by atoms with Crippen LogP contribution in [0.3, 0.4) is 0 Å². The Morgan fingerprint density at radius 1 is 1.06 bits per heavy atom. The third-order valence-electron chi connectivity index (χ3n) is 5.51. The number of aromatic nitrogens is 1. The van der Waals surface area contributed by atoms with Crippen LogP contribution in [0.5, 0.6) is 11.5 Å². The molecule has 182 valence electrons. The lowest BCUT2D eigenvalue weighted by Crippen LogP contribution is -2.15. The van der Waals surface area contributed by atoms with Crippen molar-refractivity contribution in [1.29, 1.82) is 0 Å². The van der Waals surface area contributed by atoms with Crippen LogP contribution in [0.1, 0.15) is 36.1 Å². The zero-order chi connectivity index (χ0) is 25.0. The van der Waals surface area contributed by atoms with Gasteiger partial charge in [0.05, 0.1) is 12.0 Å². The van der Waals surface area contributed by atoms with Gasteiger partial charge in [-0.3, -0.25) is 14.6 Å². The highest BCUT2D eigenvalue weighted by molar-refractivity contribution is 5.92. The van der Waals surface area contributed by atoms with Gasteiger partial charge >= 0.3 is 6.18 Å². The number of hydrogen-bond donors (Lipinski definition) is 1. The predicted molar refractivity (Wildman–Crippen MR) is 121 cm³/mol. The molecule has 9 heteroatoms. The normalized spacial score (nSPS) is 13.4. The number of amides is 1. The number of anilines is 1. The molecule has 1 aromatic heterocycles. The van der Waals surface area contributed by atoms with Crippen molar-refractivity contribution >= 4 is 17.4 Å². The number of Topliss-reactive ketones (excluding diaryl/α,β-unsaturated/α-hetero) is 1. The fraction of sp³-hybridized carbons (Fsp3) is 0.269. The van der Waals surface area contributed by atoms with Crippen molar-refractivity contribution in [3.63, 3.8) is 0 Å². The van der Waals surface area contributed by atoms with Gasteiger partial charge in [0.25, 0.3) is 0 Å². The van der Waals surface area contributed by atoms with Gasteiger partial charge in [-0.2, -0.15) is 13.2 Å². The minimum atomic E-state index is -4.52. The molecule has 5 nitrogen and oxygen atoms in total. The van der Waals surface area contributed by atoms with Crippen LogP contribution >= 0.6 is 0 Å². The number of aryl methyl sites for hydroxylation is 1. The predicted octanol–water partition coefficient (Wildman–Crippen LogP) is 6.12. The van der Waals surface area contributed by atoms with Gasteiger partial charge in [-0.25, -0.2) is 4.39 Å². The molecule has 0 radical (unpaired) electrons. The quantitative estimate of drug-likeness (QED) is 0.370. The van der Waals surface area contributed by atoms with E-state index in [1.807, 2.05) is 0 Å². The van der Waals surface area contributed by atoms with Crippen LogP contribution in [-0.2, 0) is 28.6 Å². The van der Waals surface area contributed by atoms with Crippen molar-refractivity contribution in [2.24, 2.45) is 5.92 Å². The van der Waals surface area contributed by atoms with Gasteiger partial charge in [0.15, 0.2) is 11.6 Å². The van der Waals surface area contributed by atoms with E-state index in [0.717, 1.165) is 31.0 Å². The summed E-state index contributed by atoms with van der Waals surface area (Å²) in [7, 11) is 0. The van der Waals surface area contributed by atoms with Crippen LogP contribution in [0.25, 0.3) is 0 Å². The molecule has 1 fully saturated rings. The summed E-state index contributed by atoms with van der Waals surface area (Å²) in [6.45, 7) is 0. The molecule has 0 bridgehead atoms. The fourth-order valence-electron chi connectivity index (χ4n) is 3.54. The maximum absolute atomic E-state index is 14.6. The second-order valence-electron chi connectivity index (χ2n) is 8.39. The maximum atomic E-state index is 14.6. The lowest BCUT2D eigenvalue weighted by Gasteiger charge is -2.11. The molecule has 35 heavy (non-hydrogen) atoms. The first-order valence-corrected chi connectivity index (χ1v) is 11.1. The lowest BCUT2D eigenvalue weighted by atomic mass is 10.1. The summed E-state index contributed by atoms with van der Waals surface area (Å²) >= 11 is 0. The number of ether oxygens (including phenoxy) is 1. The summed E-state index contributed by atoms with van der Waals surface area (Å²) in [4.78, 5) is 28.4. The molecule has 1 saturated carbocycles. The molecule has 0 atom stereocenters. The summed E-state index contributed by atoms with van der Waals surface area (Å²) in [6, 6.07) is 11.5. The Morgan fingerprint density at radius 2 is 1.86 bits per heavy atom. The second kappa shape index (κ2) is 10.2. The monoisotopic (exact) mass is 486 g/mol. The highest BCUT2D eigenvalue weighted by Crippen LogP contribution is 2.32. The summed E-state index contributed by atoms with van der Waals surface area (Å²) in [5.74, 6) is -0.555. The molecular formula is C26H22F4N2O3. The molecule has 2 aromatic carbocycles. The van der Waals surface area contributed by atoms with E-state index in [1.54, 1.807) is 12.1 Å². The zero-order valence-electron chi connectivity index (χ0n) is 18.6. The molecule has 0 spiro atoms. The maximum Gasteiger partial charge on any atom is 0.416 e. The summed E-state index contributed by atoms with van der Waals surface area (Å²) < 4.78 is 58.7. The van der Waals surface area contributed by atoms with Gasteiger partial charge in [-0.05, 0) is 61.2 Å². The number of nitrogens with one attached hydrogen (secondary N) is 1. The van der Waals surface area contributed by atoms with E-state index in [-0.39, 0.29) is 29.6 Å². The van der Waals surface area contributed by atoms with E-state index in [9.17, 15) is 27.2 Å². The Hall–Kier alpha value is -3.75. The van der Waals surface area contributed by atoms with E-state index in [0.29, 0.717) is 29.8 Å². The van der Waals surface area contributed by atoms with E-state index in [1.165, 1.54) is 30.5 Å². The zero-order valence-corrected chi connectivity index (χ0v) is 18.6. The first-order valence-electron chi connectivity index (χ1n) is 11.1. The molecule has 0 aliphatic heterocycles. The number of pyridine rings is 1. The minimum Gasteiger partial charge on any atom is -0.454 e. The van der Waals surface area contributed by atoms with Crippen LogP contribution in [0, 0.1) is 11.7 Å². The van der Waals surface area contributed by atoms with Gasteiger partial charge in [0.2, 0.25) is 5.91 Å². The first-order chi connectivity index (χ1) is 16.7. The molecule has 0 unspecified atom stereocenters. The standard InChI is InChI=1S/C26H22F4N2O3/c27-22-12-16(13-25(34)32-20-3-1-2-18(14-20)26(28,29)30)4-9-24(22)35-21-10-11-31-19(15-21)7-8-23(33)17-5-6-17/h1-4,9-12,14-15,17H,5-8,13H2,(H,32,34).